The minimum atomic E-state index is -0.603. The van der Waals surface area contributed by atoms with E-state index in [0.29, 0.717) is 25.8 Å². The Labute approximate surface area is 211 Å². The van der Waals surface area contributed by atoms with Crippen molar-refractivity contribution in [1.29, 1.82) is 0 Å². The van der Waals surface area contributed by atoms with Crippen molar-refractivity contribution in [2.45, 2.75) is 58.7 Å². The van der Waals surface area contributed by atoms with Crippen molar-refractivity contribution in [2.24, 2.45) is 0 Å². The van der Waals surface area contributed by atoms with Gasteiger partial charge >= 0.3 is 0 Å². The van der Waals surface area contributed by atoms with E-state index in [1.54, 1.807) is 4.90 Å². The van der Waals surface area contributed by atoms with Crippen LogP contribution in [0, 0.1) is 6.92 Å². The monoisotopic (exact) mass is 520 g/mol. The lowest BCUT2D eigenvalue weighted by Crippen LogP contribution is -2.51. The molecule has 0 unspecified atom stereocenters. The smallest absolute Gasteiger partial charge is 0.243 e. The second kappa shape index (κ2) is 12.5. The van der Waals surface area contributed by atoms with Crippen molar-refractivity contribution in [3.63, 3.8) is 0 Å². The van der Waals surface area contributed by atoms with Crippen molar-refractivity contribution in [1.82, 2.24) is 10.2 Å². The van der Waals surface area contributed by atoms with Gasteiger partial charge in [-0.15, -0.1) is 0 Å². The molecule has 0 aliphatic carbocycles. The minimum absolute atomic E-state index is 0.0128. The highest BCUT2D eigenvalue weighted by Crippen LogP contribution is 2.19. The molecule has 0 saturated carbocycles. The summed E-state index contributed by atoms with van der Waals surface area (Å²) < 4.78 is 0.947. The van der Waals surface area contributed by atoms with E-state index in [2.05, 4.69) is 52.4 Å². The molecule has 0 saturated heterocycles. The van der Waals surface area contributed by atoms with Gasteiger partial charge < -0.3 is 10.2 Å². The fraction of sp³-hybridized carbons (Fsp3) is 0.310. The first-order valence-corrected chi connectivity index (χ1v) is 12.5. The molecule has 0 aliphatic heterocycles. The van der Waals surface area contributed by atoms with Crippen molar-refractivity contribution in [3.05, 3.63) is 106 Å². The van der Waals surface area contributed by atoms with Gasteiger partial charge in [-0.2, -0.15) is 0 Å². The number of amides is 2. The third-order valence-corrected chi connectivity index (χ3v) is 6.19. The summed E-state index contributed by atoms with van der Waals surface area (Å²) in [7, 11) is 0. The van der Waals surface area contributed by atoms with Crippen LogP contribution in [0.1, 0.15) is 42.5 Å². The summed E-state index contributed by atoms with van der Waals surface area (Å²) in [6.07, 6.45) is 1.44. The molecule has 4 nitrogen and oxygen atoms in total. The summed E-state index contributed by atoms with van der Waals surface area (Å²) in [5.74, 6) is -0.155. The maximum absolute atomic E-state index is 13.6. The Kier molecular flexibility index (Phi) is 9.46. The average Bonchev–Trinajstić information content (AvgIpc) is 2.81. The number of rotatable bonds is 10. The zero-order valence-electron chi connectivity index (χ0n) is 20.1. The van der Waals surface area contributed by atoms with Crippen molar-refractivity contribution < 1.29 is 9.59 Å². The standard InChI is InChI=1S/C29H33BrN2O2/c1-21(2)31-29(34)27(19-24-8-5-4-6-9-24)32(20-25-10-7-11-26(30)18-25)28(33)17-16-23-14-12-22(3)13-15-23/h4-15,18,21,27H,16-17,19-20H2,1-3H3,(H,31,34)/t27-/m0/s1. The molecule has 34 heavy (non-hydrogen) atoms. The van der Waals surface area contributed by atoms with Gasteiger partial charge in [-0.3, -0.25) is 9.59 Å². The number of carbonyl (C=O) groups is 2. The largest absolute Gasteiger partial charge is 0.352 e. The van der Waals surface area contributed by atoms with E-state index >= 15 is 0 Å². The minimum Gasteiger partial charge on any atom is -0.352 e. The van der Waals surface area contributed by atoms with E-state index in [0.717, 1.165) is 21.2 Å². The van der Waals surface area contributed by atoms with Crippen LogP contribution in [0.3, 0.4) is 0 Å². The zero-order chi connectivity index (χ0) is 24.5. The van der Waals surface area contributed by atoms with Gasteiger partial charge in [0.15, 0.2) is 0 Å². The highest BCUT2D eigenvalue weighted by atomic mass is 79.9. The molecule has 5 heteroatoms. The second-order valence-electron chi connectivity index (χ2n) is 9.01. The van der Waals surface area contributed by atoms with Gasteiger partial charge in [-0.05, 0) is 56.0 Å². The van der Waals surface area contributed by atoms with Gasteiger partial charge in [-0.1, -0.05) is 88.2 Å². The van der Waals surface area contributed by atoms with E-state index < -0.39 is 6.04 Å². The maximum atomic E-state index is 13.6. The van der Waals surface area contributed by atoms with E-state index in [4.69, 9.17) is 0 Å². The number of hydrogen-bond donors (Lipinski definition) is 1. The van der Waals surface area contributed by atoms with Crippen LogP contribution in [0.4, 0.5) is 0 Å². The topological polar surface area (TPSA) is 49.4 Å². The van der Waals surface area contributed by atoms with Gasteiger partial charge in [-0.25, -0.2) is 0 Å². The molecule has 2 amide bonds. The van der Waals surface area contributed by atoms with Crippen LogP contribution in [0.2, 0.25) is 0 Å². The third kappa shape index (κ3) is 7.84. The number of nitrogens with one attached hydrogen (secondary N) is 1. The number of carbonyl (C=O) groups excluding carboxylic acids is 2. The summed E-state index contributed by atoms with van der Waals surface area (Å²) in [5, 5.41) is 3.03. The summed E-state index contributed by atoms with van der Waals surface area (Å²) in [5.41, 5.74) is 4.32. The van der Waals surface area contributed by atoms with Gasteiger partial charge in [0.2, 0.25) is 11.8 Å². The van der Waals surface area contributed by atoms with Gasteiger partial charge in [0.05, 0.1) is 0 Å². The molecule has 0 bridgehead atoms. The summed E-state index contributed by atoms with van der Waals surface area (Å²) in [6, 6.07) is 25.4. The van der Waals surface area contributed by atoms with Crippen LogP contribution < -0.4 is 5.32 Å². The lowest BCUT2D eigenvalue weighted by Gasteiger charge is -2.32. The Morgan fingerprint density at radius 3 is 2.21 bits per heavy atom. The molecule has 3 rings (SSSR count). The highest BCUT2D eigenvalue weighted by molar-refractivity contribution is 9.10. The van der Waals surface area contributed by atoms with Crippen LogP contribution in [0.5, 0.6) is 0 Å². The molecule has 0 heterocycles. The predicted octanol–water partition coefficient (Wildman–Crippen LogP) is 5.85. The molecule has 0 aliphatic rings. The summed E-state index contributed by atoms with van der Waals surface area (Å²) in [4.78, 5) is 28.7. The van der Waals surface area contributed by atoms with Crippen LogP contribution in [-0.2, 0) is 29.0 Å². The van der Waals surface area contributed by atoms with Gasteiger partial charge in [0.25, 0.3) is 0 Å². The molecule has 0 fully saturated rings. The summed E-state index contributed by atoms with van der Waals surface area (Å²) >= 11 is 3.53. The van der Waals surface area contributed by atoms with E-state index in [9.17, 15) is 9.59 Å². The van der Waals surface area contributed by atoms with Crippen LogP contribution in [0.25, 0.3) is 0 Å². The molecule has 178 valence electrons. The van der Waals surface area contributed by atoms with E-state index in [-0.39, 0.29) is 17.9 Å². The molecule has 1 atom stereocenters. The molecular weight excluding hydrogens is 488 g/mol. The van der Waals surface area contributed by atoms with E-state index in [1.165, 1.54) is 5.56 Å². The first-order valence-electron chi connectivity index (χ1n) is 11.8. The number of halogens is 1. The molecule has 0 spiro atoms. The lowest BCUT2D eigenvalue weighted by atomic mass is 10.0. The normalized spacial score (nSPS) is 11.8. The Morgan fingerprint density at radius 1 is 0.882 bits per heavy atom. The number of hydrogen-bond acceptors (Lipinski definition) is 2. The van der Waals surface area contributed by atoms with Gasteiger partial charge in [0, 0.05) is 29.9 Å². The molecule has 3 aromatic rings. The fourth-order valence-corrected chi connectivity index (χ4v) is 4.36. The lowest BCUT2D eigenvalue weighted by molar-refractivity contribution is -0.141. The first kappa shape index (κ1) is 25.7. The number of nitrogens with zero attached hydrogens (tertiary/aromatic N) is 1. The average molecular weight is 521 g/mol. The quantitative estimate of drug-likeness (QED) is 0.364. The van der Waals surface area contributed by atoms with Gasteiger partial charge in [0.1, 0.15) is 6.04 Å². The Bertz CT molecular complexity index is 1080. The molecule has 0 aromatic heterocycles. The highest BCUT2D eigenvalue weighted by Gasteiger charge is 2.30. The predicted molar refractivity (Wildman–Crippen MR) is 141 cm³/mol. The van der Waals surface area contributed by atoms with Crippen LogP contribution >= 0.6 is 15.9 Å². The Hall–Kier alpha value is -2.92. The Balaban J connectivity index is 1.90. The number of aryl methyl sites for hydroxylation is 2. The Morgan fingerprint density at radius 2 is 1.56 bits per heavy atom. The summed E-state index contributed by atoms with van der Waals surface area (Å²) in [6.45, 7) is 6.30. The van der Waals surface area contributed by atoms with Crippen LogP contribution in [0.15, 0.2) is 83.3 Å². The molecule has 0 radical (unpaired) electrons. The SMILES string of the molecule is Cc1ccc(CCC(=O)N(Cc2cccc(Br)c2)[C@@H](Cc2ccccc2)C(=O)NC(C)C)cc1. The third-order valence-electron chi connectivity index (χ3n) is 5.69. The van der Waals surface area contributed by atoms with Crippen molar-refractivity contribution in [2.75, 3.05) is 0 Å². The van der Waals surface area contributed by atoms with Crippen molar-refractivity contribution >= 4 is 27.7 Å². The number of benzene rings is 3. The fourth-order valence-electron chi connectivity index (χ4n) is 3.92. The molecule has 3 aromatic carbocycles. The molecule has 1 N–H and O–H groups in total. The second-order valence-corrected chi connectivity index (χ2v) is 9.92. The maximum Gasteiger partial charge on any atom is 0.243 e. The zero-order valence-corrected chi connectivity index (χ0v) is 21.7. The van der Waals surface area contributed by atoms with Crippen molar-refractivity contribution in [3.8, 4) is 0 Å². The van der Waals surface area contributed by atoms with Crippen LogP contribution in [-0.4, -0.2) is 28.8 Å². The molecular formula is C29H33BrN2O2. The first-order chi connectivity index (χ1) is 16.3. The van der Waals surface area contributed by atoms with E-state index in [1.807, 2.05) is 68.4 Å².